The number of nitrogens with one attached hydrogen (secondary N) is 1. The normalized spacial score (nSPS) is 15.6. The highest BCUT2D eigenvalue weighted by molar-refractivity contribution is 8.00. The lowest BCUT2D eigenvalue weighted by Gasteiger charge is -2.13. The van der Waals surface area contributed by atoms with Crippen molar-refractivity contribution >= 4 is 23.4 Å². The minimum Gasteiger partial charge on any atom is -0.325 e. The van der Waals surface area contributed by atoms with Crippen molar-refractivity contribution in [3.63, 3.8) is 0 Å². The third kappa shape index (κ3) is 3.32. The summed E-state index contributed by atoms with van der Waals surface area (Å²) in [5, 5.41) is 11.9. The van der Waals surface area contributed by atoms with Gasteiger partial charge in [-0.1, -0.05) is 29.5 Å². The zero-order valence-electron chi connectivity index (χ0n) is 13.0. The van der Waals surface area contributed by atoms with Crippen molar-refractivity contribution in [3.8, 4) is 0 Å². The van der Waals surface area contributed by atoms with Gasteiger partial charge in [-0.15, -0.1) is 10.2 Å². The van der Waals surface area contributed by atoms with Crippen LogP contribution in [-0.2, 0) is 4.79 Å². The van der Waals surface area contributed by atoms with E-state index in [-0.39, 0.29) is 11.2 Å². The molecule has 0 spiro atoms. The number of hydrogen-bond donors (Lipinski definition) is 1. The maximum Gasteiger partial charge on any atom is 0.237 e. The van der Waals surface area contributed by atoms with E-state index < -0.39 is 0 Å². The topological polar surface area (TPSA) is 59.8 Å². The molecule has 1 aliphatic carbocycles. The van der Waals surface area contributed by atoms with Crippen LogP contribution in [0, 0.1) is 13.8 Å². The summed E-state index contributed by atoms with van der Waals surface area (Å²) in [6.45, 7) is 5.89. The Morgan fingerprint density at radius 3 is 2.59 bits per heavy atom. The number of carbonyl (C=O) groups excluding carboxylic acids is 1. The molecule has 1 fully saturated rings. The van der Waals surface area contributed by atoms with Crippen LogP contribution in [0.15, 0.2) is 29.4 Å². The van der Waals surface area contributed by atoms with E-state index in [0.717, 1.165) is 16.7 Å². The average molecular weight is 316 g/mol. The Labute approximate surface area is 134 Å². The number of anilines is 1. The lowest BCUT2D eigenvalue weighted by molar-refractivity contribution is -0.115. The number of carbonyl (C=O) groups is 1. The summed E-state index contributed by atoms with van der Waals surface area (Å²) in [5.74, 6) is 0.910. The maximum atomic E-state index is 12.3. The van der Waals surface area contributed by atoms with Gasteiger partial charge in [0.25, 0.3) is 0 Å². The third-order valence-corrected chi connectivity index (χ3v) is 4.77. The summed E-state index contributed by atoms with van der Waals surface area (Å²) in [5.41, 5.74) is 2.00. The van der Waals surface area contributed by atoms with Gasteiger partial charge in [-0.2, -0.15) is 0 Å². The highest BCUT2D eigenvalue weighted by Crippen LogP contribution is 2.39. The summed E-state index contributed by atoms with van der Waals surface area (Å²) in [4.78, 5) is 12.3. The van der Waals surface area contributed by atoms with Crippen LogP contribution in [-0.4, -0.2) is 25.9 Å². The molecule has 1 aliphatic rings. The first kappa shape index (κ1) is 15.1. The van der Waals surface area contributed by atoms with Gasteiger partial charge in [-0.25, -0.2) is 0 Å². The molecule has 1 saturated carbocycles. The Hall–Kier alpha value is -1.82. The van der Waals surface area contributed by atoms with E-state index >= 15 is 0 Å². The van der Waals surface area contributed by atoms with Crippen LogP contribution in [0.3, 0.4) is 0 Å². The van der Waals surface area contributed by atoms with Crippen molar-refractivity contribution in [3.05, 3.63) is 35.7 Å². The summed E-state index contributed by atoms with van der Waals surface area (Å²) in [7, 11) is 0. The van der Waals surface area contributed by atoms with Gasteiger partial charge < -0.3 is 9.88 Å². The number of benzene rings is 1. The molecule has 0 aliphatic heterocycles. The molecule has 3 rings (SSSR count). The van der Waals surface area contributed by atoms with E-state index in [1.54, 1.807) is 0 Å². The van der Waals surface area contributed by atoms with Crippen molar-refractivity contribution in [1.82, 2.24) is 14.8 Å². The van der Waals surface area contributed by atoms with Gasteiger partial charge in [0.1, 0.15) is 5.82 Å². The first-order chi connectivity index (χ1) is 10.5. The second kappa shape index (κ2) is 6.12. The third-order valence-electron chi connectivity index (χ3n) is 3.72. The van der Waals surface area contributed by atoms with Crippen molar-refractivity contribution in [2.24, 2.45) is 0 Å². The SMILES string of the molecule is Cc1ccc(NC(=O)[C@@H](C)Sc2nnc(C)n2C2CC2)cc1. The Bertz CT molecular complexity index is 676. The number of aryl methyl sites for hydroxylation is 2. The van der Waals surface area contributed by atoms with Gasteiger partial charge >= 0.3 is 0 Å². The van der Waals surface area contributed by atoms with Gasteiger partial charge in [0.05, 0.1) is 5.25 Å². The Kier molecular flexibility index (Phi) is 4.20. The zero-order valence-corrected chi connectivity index (χ0v) is 13.9. The van der Waals surface area contributed by atoms with Gasteiger partial charge in [-0.3, -0.25) is 4.79 Å². The second-order valence-electron chi connectivity index (χ2n) is 5.75. The molecule has 1 aromatic heterocycles. The Balaban J connectivity index is 1.65. The molecule has 1 heterocycles. The van der Waals surface area contributed by atoms with Crippen LogP contribution in [0.5, 0.6) is 0 Å². The molecule has 6 heteroatoms. The fourth-order valence-electron chi connectivity index (χ4n) is 2.28. The van der Waals surface area contributed by atoms with E-state index in [2.05, 4.69) is 20.1 Å². The molecule has 1 aromatic carbocycles. The minimum atomic E-state index is -0.220. The molecule has 1 N–H and O–H groups in total. The highest BCUT2D eigenvalue weighted by Gasteiger charge is 2.29. The monoisotopic (exact) mass is 316 g/mol. The van der Waals surface area contributed by atoms with Crippen LogP contribution in [0.25, 0.3) is 0 Å². The van der Waals surface area contributed by atoms with Crippen molar-refractivity contribution in [1.29, 1.82) is 0 Å². The minimum absolute atomic E-state index is 0.0168. The number of amides is 1. The van der Waals surface area contributed by atoms with E-state index in [9.17, 15) is 4.79 Å². The van der Waals surface area contributed by atoms with Crippen LogP contribution in [0.1, 0.15) is 37.2 Å². The first-order valence-electron chi connectivity index (χ1n) is 7.50. The van der Waals surface area contributed by atoms with Gasteiger partial charge in [0.15, 0.2) is 5.16 Å². The quantitative estimate of drug-likeness (QED) is 0.859. The molecule has 0 radical (unpaired) electrons. The molecule has 5 nitrogen and oxygen atoms in total. The predicted molar refractivity (Wildman–Crippen MR) is 88.2 cm³/mol. The standard InChI is InChI=1S/C16H20N4OS/c1-10-4-6-13(7-5-10)17-15(21)11(2)22-16-19-18-12(3)20(16)14-8-9-14/h4-7,11,14H,8-9H2,1-3H3,(H,17,21)/t11-/m1/s1. The average Bonchev–Trinajstić information content (AvgIpc) is 3.26. The molecule has 2 aromatic rings. The Morgan fingerprint density at radius 1 is 1.27 bits per heavy atom. The van der Waals surface area contributed by atoms with Crippen LogP contribution in [0.4, 0.5) is 5.69 Å². The lowest BCUT2D eigenvalue weighted by Crippen LogP contribution is -2.22. The lowest BCUT2D eigenvalue weighted by atomic mass is 10.2. The molecule has 22 heavy (non-hydrogen) atoms. The van der Waals surface area contributed by atoms with E-state index in [1.165, 1.54) is 30.2 Å². The molecule has 116 valence electrons. The molecule has 0 bridgehead atoms. The number of nitrogens with zero attached hydrogens (tertiary/aromatic N) is 3. The number of aromatic nitrogens is 3. The first-order valence-corrected chi connectivity index (χ1v) is 8.38. The summed E-state index contributed by atoms with van der Waals surface area (Å²) < 4.78 is 2.15. The van der Waals surface area contributed by atoms with Gasteiger partial charge in [0.2, 0.25) is 5.91 Å². The smallest absolute Gasteiger partial charge is 0.237 e. The van der Waals surface area contributed by atoms with Gasteiger partial charge in [-0.05, 0) is 45.7 Å². The molecule has 0 unspecified atom stereocenters. The summed E-state index contributed by atoms with van der Waals surface area (Å²) in [6.07, 6.45) is 2.35. The number of thioether (sulfide) groups is 1. The van der Waals surface area contributed by atoms with Crippen LogP contribution < -0.4 is 5.32 Å². The van der Waals surface area contributed by atoms with Crippen LogP contribution in [0.2, 0.25) is 0 Å². The maximum absolute atomic E-state index is 12.3. The number of rotatable bonds is 5. The summed E-state index contributed by atoms with van der Waals surface area (Å²) >= 11 is 1.47. The molecule has 0 saturated heterocycles. The van der Waals surface area contributed by atoms with E-state index in [0.29, 0.717) is 6.04 Å². The largest absolute Gasteiger partial charge is 0.325 e. The van der Waals surface area contributed by atoms with Crippen molar-refractivity contribution < 1.29 is 4.79 Å². The van der Waals surface area contributed by atoms with Gasteiger partial charge in [0, 0.05) is 11.7 Å². The number of hydrogen-bond acceptors (Lipinski definition) is 4. The fourth-order valence-corrected chi connectivity index (χ4v) is 3.24. The Morgan fingerprint density at radius 2 is 1.95 bits per heavy atom. The zero-order chi connectivity index (χ0) is 15.7. The van der Waals surface area contributed by atoms with E-state index in [4.69, 9.17) is 0 Å². The molecule has 1 atom stereocenters. The predicted octanol–water partition coefficient (Wildman–Crippen LogP) is 3.35. The highest BCUT2D eigenvalue weighted by atomic mass is 32.2. The molecular formula is C16H20N4OS. The van der Waals surface area contributed by atoms with Crippen molar-refractivity contribution in [2.75, 3.05) is 5.32 Å². The summed E-state index contributed by atoms with van der Waals surface area (Å²) in [6, 6.07) is 8.33. The second-order valence-corrected chi connectivity index (χ2v) is 7.05. The molecule has 1 amide bonds. The fraction of sp³-hybridized carbons (Fsp3) is 0.438. The van der Waals surface area contributed by atoms with Crippen molar-refractivity contribution in [2.45, 2.75) is 50.1 Å². The van der Waals surface area contributed by atoms with Crippen LogP contribution >= 0.6 is 11.8 Å². The van der Waals surface area contributed by atoms with E-state index in [1.807, 2.05) is 45.0 Å². The molecular weight excluding hydrogens is 296 g/mol.